The van der Waals surface area contributed by atoms with E-state index in [0.717, 1.165) is 5.56 Å². The Morgan fingerprint density at radius 1 is 1.33 bits per heavy atom. The summed E-state index contributed by atoms with van der Waals surface area (Å²) in [5, 5.41) is 9.23. The summed E-state index contributed by atoms with van der Waals surface area (Å²) in [5.74, 6) is 0. The van der Waals surface area contributed by atoms with Crippen molar-refractivity contribution in [1.82, 2.24) is 4.72 Å². The van der Waals surface area contributed by atoms with Crippen LogP contribution in [-0.4, -0.2) is 46.0 Å². The maximum absolute atomic E-state index is 12.4. The van der Waals surface area contributed by atoms with E-state index >= 15 is 0 Å². The normalized spacial score (nSPS) is 19.7. The van der Waals surface area contributed by atoms with Crippen molar-refractivity contribution in [3.05, 3.63) is 28.8 Å². The van der Waals surface area contributed by atoms with Gasteiger partial charge in [-0.25, -0.2) is 13.1 Å². The van der Waals surface area contributed by atoms with Crippen molar-refractivity contribution in [2.45, 2.75) is 31.5 Å². The van der Waals surface area contributed by atoms with Gasteiger partial charge in [0, 0.05) is 6.54 Å². The summed E-state index contributed by atoms with van der Waals surface area (Å²) in [4.78, 5) is 0.197. The molecule has 1 aliphatic rings. The maximum atomic E-state index is 12.4. The predicted molar refractivity (Wildman–Crippen MR) is 77.6 cm³/mol. The lowest BCUT2D eigenvalue weighted by molar-refractivity contribution is -0.0846. The van der Waals surface area contributed by atoms with Gasteiger partial charge in [-0.3, -0.25) is 0 Å². The monoisotopic (exact) mass is 315 g/mol. The number of aliphatic hydroxyl groups excluding tert-OH is 1. The predicted octanol–water partition coefficient (Wildman–Crippen LogP) is 0.489. The quantitative estimate of drug-likeness (QED) is 0.826. The summed E-state index contributed by atoms with van der Waals surface area (Å²) in [7, 11) is -3.64. The molecule has 1 atom stereocenters. The van der Waals surface area contributed by atoms with Crippen LogP contribution < -0.4 is 4.72 Å². The van der Waals surface area contributed by atoms with Crippen LogP contribution in [0.5, 0.6) is 0 Å². The van der Waals surface area contributed by atoms with E-state index in [1.165, 1.54) is 6.07 Å². The molecule has 1 aliphatic heterocycles. The van der Waals surface area contributed by atoms with Crippen LogP contribution in [0, 0.1) is 13.8 Å². The van der Waals surface area contributed by atoms with Crippen molar-refractivity contribution in [2.75, 3.05) is 26.4 Å². The molecule has 1 saturated heterocycles. The fraction of sp³-hybridized carbons (Fsp3) is 0.571. The molecule has 0 aromatic heterocycles. The van der Waals surface area contributed by atoms with Crippen LogP contribution in [0.4, 0.5) is 0 Å². The lowest BCUT2D eigenvalue weighted by atomic mass is 10.1. The molecule has 1 unspecified atom stereocenters. The first-order valence-corrected chi connectivity index (χ1v) is 8.32. The van der Waals surface area contributed by atoms with Crippen LogP contribution in [0.25, 0.3) is 0 Å². The highest BCUT2D eigenvalue weighted by Crippen LogP contribution is 2.21. The van der Waals surface area contributed by atoms with Crippen molar-refractivity contribution in [3.63, 3.8) is 0 Å². The van der Waals surface area contributed by atoms with Crippen molar-refractivity contribution in [1.29, 1.82) is 0 Å². The molecule has 2 rings (SSSR count). The van der Waals surface area contributed by atoms with Gasteiger partial charge in [-0.15, -0.1) is 0 Å². The second-order valence-corrected chi connectivity index (χ2v) is 6.85. The molecule has 0 bridgehead atoms. The third kappa shape index (κ3) is 4.02. The number of nitrogens with one attached hydrogen (secondary N) is 1. The lowest BCUT2D eigenvalue weighted by Gasteiger charge is -2.23. The van der Waals surface area contributed by atoms with E-state index in [4.69, 9.17) is 9.47 Å². The Morgan fingerprint density at radius 2 is 2.10 bits per heavy atom. The number of hydrogen-bond donors (Lipinski definition) is 2. The van der Waals surface area contributed by atoms with Gasteiger partial charge in [0.25, 0.3) is 0 Å². The fourth-order valence-corrected chi connectivity index (χ4v) is 3.64. The first kappa shape index (κ1) is 16.4. The van der Waals surface area contributed by atoms with E-state index in [2.05, 4.69) is 4.72 Å². The van der Waals surface area contributed by atoms with Crippen LogP contribution in [0.15, 0.2) is 17.0 Å². The molecule has 21 heavy (non-hydrogen) atoms. The third-order valence-corrected chi connectivity index (χ3v) is 5.09. The highest BCUT2D eigenvalue weighted by Gasteiger charge is 2.22. The molecule has 0 spiro atoms. The van der Waals surface area contributed by atoms with E-state index in [0.29, 0.717) is 30.9 Å². The van der Waals surface area contributed by atoms with Crippen LogP contribution in [0.2, 0.25) is 0 Å². The summed E-state index contributed by atoms with van der Waals surface area (Å²) in [5.41, 5.74) is 2.09. The first-order valence-electron chi connectivity index (χ1n) is 6.84. The summed E-state index contributed by atoms with van der Waals surface area (Å²) in [6.45, 7) is 4.96. The Morgan fingerprint density at radius 3 is 2.71 bits per heavy atom. The number of hydrogen-bond acceptors (Lipinski definition) is 5. The average Bonchev–Trinajstić information content (AvgIpc) is 2.48. The lowest BCUT2D eigenvalue weighted by Crippen LogP contribution is -2.39. The number of aliphatic hydroxyl groups is 1. The van der Waals surface area contributed by atoms with Gasteiger partial charge in [0.15, 0.2) is 0 Å². The smallest absolute Gasteiger partial charge is 0.240 e. The Bertz CT molecular complexity index is 594. The van der Waals surface area contributed by atoms with E-state index in [-0.39, 0.29) is 24.2 Å². The highest BCUT2D eigenvalue weighted by molar-refractivity contribution is 7.89. The van der Waals surface area contributed by atoms with E-state index in [9.17, 15) is 13.5 Å². The van der Waals surface area contributed by atoms with E-state index < -0.39 is 10.0 Å². The van der Waals surface area contributed by atoms with Crippen molar-refractivity contribution < 1.29 is 23.0 Å². The first-order chi connectivity index (χ1) is 9.94. The zero-order chi connectivity index (χ0) is 15.5. The van der Waals surface area contributed by atoms with Crippen LogP contribution in [0.3, 0.4) is 0 Å². The summed E-state index contributed by atoms with van der Waals surface area (Å²) >= 11 is 0. The third-order valence-electron chi connectivity index (χ3n) is 3.54. The second kappa shape index (κ2) is 6.85. The van der Waals surface area contributed by atoms with Gasteiger partial charge in [-0.1, -0.05) is 6.07 Å². The maximum Gasteiger partial charge on any atom is 0.240 e. The van der Waals surface area contributed by atoms with Gasteiger partial charge in [-0.05, 0) is 36.6 Å². The topological polar surface area (TPSA) is 84.9 Å². The molecule has 1 heterocycles. The summed E-state index contributed by atoms with van der Waals surface area (Å²) in [6, 6.07) is 3.29. The van der Waals surface area contributed by atoms with Gasteiger partial charge < -0.3 is 14.6 Å². The van der Waals surface area contributed by atoms with E-state index in [1.807, 2.05) is 6.92 Å². The Hall–Kier alpha value is -0.990. The van der Waals surface area contributed by atoms with Crippen LogP contribution in [0.1, 0.15) is 16.7 Å². The Kier molecular flexibility index (Phi) is 5.34. The number of rotatable bonds is 5. The average molecular weight is 315 g/mol. The van der Waals surface area contributed by atoms with Gasteiger partial charge in [0.2, 0.25) is 10.0 Å². The van der Waals surface area contributed by atoms with Crippen LogP contribution >= 0.6 is 0 Å². The highest BCUT2D eigenvalue weighted by atomic mass is 32.2. The molecular formula is C14H21NO5S. The minimum atomic E-state index is -3.64. The molecule has 2 N–H and O–H groups in total. The standard InChI is InChI=1S/C14H21NO5S/c1-10-5-12(8-16)6-14(11(10)2)21(17,18)15-7-13-9-19-3-4-20-13/h5-6,13,15-16H,3-4,7-9H2,1-2H3. The molecule has 6 nitrogen and oxygen atoms in total. The zero-order valence-electron chi connectivity index (χ0n) is 12.3. The fourth-order valence-electron chi connectivity index (χ4n) is 2.20. The number of sulfonamides is 1. The summed E-state index contributed by atoms with van der Waals surface area (Å²) in [6.07, 6.45) is -0.268. The second-order valence-electron chi connectivity index (χ2n) is 5.11. The van der Waals surface area contributed by atoms with Gasteiger partial charge >= 0.3 is 0 Å². The Labute approximate surface area is 125 Å². The number of ether oxygens (including phenoxy) is 2. The van der Waals surface area contributed by atoms with Crippen molar-refractivity contribution in [2.24, 2.45) is 0 Å². The molecule has 1 aromatic rings. The molecule has 118 valence electrons. The van der Waals surface area contributed by atoms with Crippen LogP contribution in [-0.2, 0) is 26.1 Å². The van der Waals surface area contributed by atoms with E-state index in [1.54, 1.807) is 13.0 Å². The van der Waals surface area contributed by atoms with Gasteiger partial charge in [0.05, 0.1) is 37.4 Å². The molecule has 1 fully saturated rings. The molecule has 0 saturated carbocycles. The van der Waals surface area contributed by atoms with Crippen molar-refractivity contribution in [3.8, 4) is 0 Å². The zero-order valence-corrected chi connectivity index (χ0v) is 13.1. The molecule has 1 aromatic carbocycles. The summed E-state index contributed by atoms with van der Waals surface area (Å²) < 4.78 is 38.1. The molecule has 0 aliphatic carbocycles. The molecule has 7 heteroatoms. The van der Waals surface area contributed by atoms with Gasteiger partial charge in [0.1, 0.15) is 0 Å². The minimum absolute atomic E-state index is 0.171. The number of benzene rings is 1. The minimum Gasteiger partial charge on any atom is -0.392 e. The van der Waals surface area contributed by atoms with Crippen molar-refractivity contribution >= 4 is 10.0 Å². The molecular weight excluding hydrogens is 294 g/mol. The Balaban J connectivity index is 2.16. The molecule has 0 radical (unpaired) electrons. The largest absolute Gasteiger partial charge is 0.392 e. The SMILES string of the molecule is Cc1cc(CO)cc(S(=O)(=O)NCC2COCCO2)c1C. The van der Waals surface area contributed by atoms with Gasteiger partial charge in [-0.2, -0.15) is 0 Å². The number of aryl methyl sites for hydroxylation is 1. The molecule has 0 amide bonds.